The Hall–Kier alpha value is -1.85. The highest BCUT2D eigenvalue weighted by Crippen LogP contribution is 2.35. The zero-order chi connectivity index (χ0) is 19.4. The number of hydrogen-bond acceptors (Lipinski definition) is 2. The first-order valence-electron chi connectivity index (χ1n) is 9.46. The molecule has 3 rings (SSSR count). The molecule has 2 aromatic carbocycles. The second kappa shape index (κ2) is 8.89. The molecule has 0 saturated carbocycles. The van der Waals surface area contributed by atoms with Crippen LogP contribution in [0.25, 0.3) is 11.1 Å². The maximum Gasteiger partial charge on any atom is 0.167 e. The monoisotopic (exact) mass is 378 g/mol. The summed E-state index contributed by atoms with van der Waals surface area (Å²) >= 11 is 0. The van der Waals surface area contributed by atoms with Gasteiger partial charge in [-0.25, -0.2) is 13.2 Å². The van der Waals surface area contributed by atoms with Gasteiger partial charge >= 0.3 is 0 Å². The summed E-state index contributed by atoms with van der Waals surface area (Å²) in [7, 11) is 1.61. The Bertz CT molecular complexity index is 783. The minimum atomic E-state index is -0.967. The molecule has 0 amide bonds. The predicted octanol–water partition coefficient (Wildman–Crippen LogP) is 5.98. The van der Waals surface area contributed by atoms with Crippen molar-refractivity contribution in [3.05, 3.63) is 58.9 Å². The van der Waals surface area contributed by atoms with Crippen LogP contribution < -0.4 is 0 Å². The Kier molecular flexibility index (Phi) is 6.55. The van der Waals surface area contributed by atoms with Crippen LogP contribution in [0, 0.1) is 17.5 Å². The van der Waals surface area contributed by atoms with Gasteiger partial charge in [0.2, 0.25) is 0 Å². The van der Waals surface area contributed by atoms with Crippen molar-refractivity contribution in [1.29, 1.82) is 0 Å². The SMILES string of the molecule is CCCCc1ccc(-c2ccc(C3CCC(OC)CO3)c(F)c2F)cc1F. The van der Waals surface area contributed by atoms with Gasteiger partial charge in [0.25, 0.3) is 0 Å². The van der Waals surface area contributed by atoms with E-state index in [1.165, 1.54) is 18.2 Å². The molecule has 2 atom stereocenters. The van der Waals surface area contributed by atoms with Gasteiger partial charge in [0.1, 0.15) is 5.82 Å². The summed E-state index contributed by atoms with van der Waals surface area (Å²) < 4.78 is 54.5. The quantitative estimate of drug-likeness (QED) is 0.616. The number of unbranched alkanes of at least 4 members (excludes halogenated alkanes) is 1. The van der Waals surface area contributed by atoms with Gasteiger partial charge in [-0.1, -0.05) is 37.6 Å². The van der Waals surface area contributed by atoms with Crippen molar-refractivity contribution in [1.82, 2.24) is 0 Å². The molecule has 27 heavy (non-hydrogen) atoms. The fraction of sp³-hybridized carbons (Fsp3) is 0.455. The average molecular weight is 378 g/mol. The Labute approximate surface area is 158 Å². The van der Waals surface area contributed by atoms with Crippen LogP contribution in [0.15, 0.2) is 30.3 Å². The first-order chi connectivity index (χ1) is 13.0. The minimum absolute atomic E-state index is 0.0115. The zero-order valence-electron chi connectivity index (χ0n) is 15.7. The lowest BCUT2D eigenvalue weighted by atomic mass is 9.95. The molecule has 2 nitrogen and oxygen atoms in total. The summed E-state index contributed by atoms with van der Waals surface area (Å²) in [6, 6.07) is 7.61. The van der Waals surface area contributed by atoms with Crippen LogP contribution in [-0.2, 0) is 15.9 Å². The number of aryl methyl sites for hydroxylation is 1. The van der Waals surface area contributed by atoms with Gasteiger partial charge in [0.15, 0.2) is 11.6 Å². The molecule has 1 aliphatic rings. The van der Waals surface area contributed by atoms with Gasteiger partial charge in [-0.05, 0) is 42.9 Å². The molecule has 1 heterocycles. The van der Waals surface area contributed by atoms with Crippen molar-refractivity contribution in [2.75, 3.05) is 13.7 Å². The molecule has 1 saturated heterocycles. The molecule has 1 fully saturated rings. The van der Waals surface area contributed by atoms with Crippen molar-refractivity contribution >= 4 is 0 Å². The number of halogens is 3. The summed E-state index contributed by atoms with van der Waals surface area (Å²) in [4.78, 5) is 0. The van der Waals surface area contributed by atoms with Crippen molar-refractivity contribution < 1.29 is 22.6 Å². The first-order valence-corrected chi connectivity index (χ1v) is 9.46. The third-order valence-electron chi connectivity index (χ3n) is 5.19. The molecule has 0 radical (unpaired) electrons. The van der Waals surface area contributed by atoms with Crippen LogP contribution in [0.5, 0.6) is 0 Å². The van der Waals surface area contributed by atoms with E-state index in [1.807, 2.05) is 6.92 Å². The molecule has 0 bridgehead atoms. The van der Waals surface area contributed by atoms with E-state index in [0.717, 1.165) is 19.3 Å². The minimum Gasteiger partial charge on any atom is -0.379 e. The summed E-state index contributed by atoms with van der Waals surface area (Å²) in [5.41, 5.74) is 1.19. The van der Waals surface area contributed by atoms with Crippen molar-refractivity contribution in [3.8, 4) is 11.1 Å². The van der Waals surface area contributed by atoms with Crippen LogP contribution in [0.2, 0.25) is 0 Å². The highest BCUT2D eigenvalue weighted by atomic mass is 19.2. The van der Waals surface area contributed by atoms with E-state index < -0.39 is 17.7 Å². The normalized spacial score (nSPS) is 20.0. The maximum atomic E-state index is 14.7. The fourth-order valence-corrected chi connectivity index (χ4v) is 3.48. The van der Waals surface area contributed by atoms with E-state index in [9.17, 15) is 13.2 Å². The van der Waals surface area contributed by atoms with E-state index in [1.54, 1.807) is 19.2 Å². The van der Waals surface area contributed by atoms with Gasteiger partial charge in [-0.2, -0.15) is 0 Å². The van der Waals surface area contributed by atoms with Crippen LogP contribution >= 0.6 is 0 Å². The van der Waals surface area contributed by atoms with Crippen LogP contribution in [-0.4, -0.2) is 19.8 Å². The highest BCUT2D eigenvalue weighted by Gasteiger charge is 2.27. The topological polar surface area (TPSA) is 18.5 Å². The molecule has 1 aliphatic heterocycles. The number of benzene rings is 2. The lowest BCUT2D eigenvalue weighted by Gasteiger charge is -2.28. The van der Waals surface area contributed by atoms with E-state index in [-0.39, 0.29) is 23.0 Å². The number of methoxy groups -OCH3 is 1. The van der Waals surface area contributed by atoms with Crippen LogP contribution in [0.1, 0.15) is 49.8 Å². The summed E-state index contributed by atoms with van der Waals surface area (Å²) in [5.74, 6) is -2.28. The number of ether oxygens (including phenoxy) is 2. The molecule has 5 heteroatoms. The Balaban J connectivity index is 1.84. The van der Waals surface area contributed by atoms with E-state index in [2.05, 4.69) is 0 Å². The molecule has 146 valence electrons. The predicted molar refractivity (Wildman–Crippen MR) is 99.1 cm³/mol. The van der Waals surface area contributed by atoms with E-state index >= 15 is 0 Å². The Morgan fingerprint density at radius 2 is 1.89 bits per heavy atom. The second-order valence-electron chi connectivity index (χ2n) is 7.00. The summed E-state index contributed by atoms with van der Waals surface area (Å²) in [5, 5.41) is 0. The molecule has 0 spiro atoms. The van der Waals surface area contributed by atoms with Gasteiger partial charge in [-0.3, -0.25) is 0 Å². The molecule has 0 N–H and O–H groups in total. The summed E-state index contributed by atoms with van der Waals surface area (Å²) in [6.45, 7) is 2.39. The molecular weight excluding hydrogens is 353 g/mol. The lowest BCUT2D eigenvalue weighted by molar-refractivity contribution is -0.0736. The van der Waals surface area contributed by atoms with Gasteiger partial charge in [-0.15, -0.1) is 0 Å². The summed E-state index contributed by atoms with van der Waals surface area (Å²) in [6.07, 6.45) is 3.29. The standard InChI is InChI=1S/C22H25F3O2/c1-3-4-5-14-6-7-15(12-19(14)23)17-9-10-18(22(25)21(17)24)20-11-8-16(26-2)13-27-20/h6-7,9-10,12,16,20H,3-5,8,11,13H2,1-2H3. The van der Waals surface area contributed by atoms with Crippen molar-refractivity contribution in [2.45, 2.75) is 51.2 Å². The van der Waals surface area contributed by atoms with Gasteiger partial charge in [0.05, 0.1) is 18.8 Å². The zero-order valence-corrected chi connectivity index (χ0v) is 15.7. The highest BCUT2D eigenvalue weighted by molar-refractivity contribution is 5.65. The third kappa shape index (κ3) is 4.36. The molecule has 2 unspecified atom stereocenters. The second-order valence-corrected chi connectivity index (χ2v) is 7.00. The van der Waals surface area contributed by atoms with Crippen molar-refractivity contribution in [3.63, 3.8) is 0 Å². The smallest absolute Gasteiger partial charge is 0.167 e. The van der Waals surface area contributed by atoms with Crippen LogP contribution in [0.4, 0.5) is 13.2 Å². The molecule has 2 aromatic rings. The third-order valence-corrected chi connectivity index (χ3v) is 5.19. The number of rotatable bonds is 6. The maximum absolute atomic E-state index is 14.7. The van der Waals surface area contributed by atoms with E-state index in [4.69, 9.17) is 9.47 Å². The fourth-order valence-electron chi connectivity index (χ4n) is 3.48. The average Bonchev–Trinajstić information content (AvgIpc) is 2.69. The van der Waals surface area contributed by atoms with Gasteiger partial charge < -0.3 is 9.47 Å². The molecule has 0 aromatic heterocycles. The molecular formula is C22H25F3O2. The van der Waals surface area contributed by atoms with E-state index in [0.29, 0.717) is 30.6 Å². The Morgan fingerprint density at radius 3 is 2.52 bits per heavy atom. The first kappa shape index (κ1) is 19.9. The molecule has 0 aliphatic carbocycles. The lowest BCUT2D eigenvalue weighted by Crippen LogP contribution is -2.27. The van der Waals surface area contributed by atoms with Crippen molar-refractivity contribution in [2.24, 2.45) is 0 Å². The Morgan fingerprint density at radius 1 is 1.07 bits per heavy atom. The number of hydrogen-bond donors (Lipinski definition) is 0. The van der Waals surface area contributed by atoms with Crippen LogP contribution in [0.3, 0.4) is 0 Å². The van der Waals surface area contributed by atoms with Gasteiger partial charge in [0, 0.05) is 18.2 Å². The largest absolute Gasteiger partial charge is 0.379 e.